The van der Waals surface area contributed by atoms with Gasteiger partial charge in [0.25, 0.3) is 11.8 Å². The molecule has 0 aromatic heterocycles. The maximum absolute atomic E-state index is 13.7. The monoisotopic (exact) mass is 729 g/mol. The average Bonchev–Trinajstić information content (AvgIpc) is 3.12. The van der Waals surface area contributed by atoms with Gasteiger partial charge in [-0.05, 0) is 84.8 Å². The van der Waals surface area contributed by atoms with Crippen molar-refractivity contribution >= 4 is 58.5 Å². The van der Waals surface area contributed by atoms with Gasteiger partial charge in [0.05, 0.1) is 22.9 Å². The smallest absolute Gasteiger partial charge is 0.416 e. The van der Waals surface area contributed by atoms with Crippen LogP contribution in [0.15, 0.2) is 138 Å². The Labute approximate surface area is 301 Å². The summed E-state index contributed by atoms with van der Waals surface area (Å²) in [6.45, 7) is 2.37. The van der Waals surface area contributed by atoms with Crippen LogP contribution in [0.3, 0.4) is 0 Å². The summed E-state index contributed by atoms with van der Waals surface area (Å²) in [6.07, 6.45) is -3.09. The summed E-state index contributed by atoms with van der Waals surface area (Å²) in [5.74, 6) is -1.04. The van der Waals surface area contributed by atoms with Gasteiger partial charge in [0.2, 0.25) is 5.91 Å². The van der Waals surface area contributed by atoms with Crippen LogP contribution in [-0.4, -0.2) is 24.3 Å². The SMILES string of the molecule is CCOc1ccc(/C=C(/NC(=O)c2ccccc2)C(=O)Nc2cccc(SC(C(=O)Nc3cc(C(F)(F)F)ccc3Cl)c3ccccc3)c2)cc1. The molecule has 5 aromatic carbocycles. The molecule has 5 rings (SSSR count). The lowest BCUT2D eigenvalue weighted by atomic mass is 10.1. The molecule has 0 radical (unpaired) electrons. The summed E-state index contributed by atoms with van der Waals surface area (Å²) in [4.78, 5) is 40.9. The molecule has 0 bridgehead atoms. The molecule has 0 saturated heterocycles. The third-order valence-corrected chi connectivity index (χ3v) is 8.85. The van der Waals surface area contributed by atoms with Crippen molar-refractivity contribution < 1.29 is 32.3 Å². The third-order valence-electron chi connectivity index (χ3n) is 7.27. The van der Waals surface area contributed by atoms with Crippen LogP contribution in [0.1, 0.15) is 39.2 Å². The maximum atomic E-state index is 13.7. The lowest BCUT2D eigenvalue weighted by molar-refractivity contribution is -0.137. The highest BCUT2D eigenvalue weighted by Crippen LogP contribution is 2.39. The van der Waals surface area contributed by atoms with Gasteiger partial charge >= 0.3 is 6.18 Å². The summed E-state index contributed by atoms with van der Waals surface area (Å²) in [5.41, 5.74) is 0.794. The Morgan fingerprint density at radius 1 is 0.824 bits per heavy atom. The lowest BCUT2D eigenvalue weighted by Crippen LogP contribution is -2.30. The molecule has 0 heterocycles. The van der Waals surface area contributed by atoms with Gasteiger partial charge in [-0.1, -0.05) is 78.3 Å². The fourth-order valence-electron chi connectivity index (χ4n) is 4.81. The van der Waals surface area contributed by atoms with Crippen molar-refractivity contribution in [3.63, 3.8) is 0 Å². The maximum Gasteiger partial charge on any atom is 0.416 e. The fourth-order valence-corrected chi connectivity index (χ4v) is 6.06. The van der Waals surface area contributed by atoms with Gasteiger partial charge in [-0.3, -0.25) is 14.4 Å². The number of ether oxygens (including phenoxy) is 1. The molecule has 0 aliphatic carbocycles. The van der Waals surface area contributed by atoms with Crippen molar-refractivity contribution in [3.05, 3.63) is 160 Å². The quantitative estimate of drug-likeness (QED) is 0.0878. The summed E-state index contributed by atoms with van der Waals surface area (Å²) in [6, 6.07) is 33.6. The predicted octanol–water partition coefficient (Wildman–Crippen LogP) is 9.64. The predicted molar refractivity (Wildman–Crippen MR) is 195 cm³/mol. The van der Waals surface area contributed by atoms with E-state index in [0.717, 1.165) is 30.0 Å². The molecule has 12 heteroatoms. The second kappa shape index (κ2) is 16.9. The molecule has 0 spiro atoms. The van der Waals surface area contributed by atoms with Crippen LogP contribution in [0.25, 0.3) is 6.08 Å². The Hall–Kier alpha value is -5.52. The Morgan fingerprint density at radius 3 is 2.18 bits per heavy atom. The van der Waals surface area contributed by atoms with Crippen molar-refractivity contribution in [2.75, 3.05) is 17.2 Å². The second-order valence-corrected chi connectivity index (χ2v) is 12.5. The minimum absolute atomic E-state index is 0.0226. The highest BCUT2D eigenvalue weighted by Gasteiger charge is 2.32. The Bertz CT molecular complexity index is 2030. The van der Waals surface area contributed by atoms with Gasteiger partial charge in [0.15, 0.2) is 0 Å². The van der Waals surface area contributed by atoms with E-state index in [4.69, 9.17) is 16.3 Å². The molecule has 1 unspecified atom stereocenters. The molecule has 7 nitrogen and oxygen atoms in total. The number of hydrogen-bond acceptors (Lipinski definition) is 5. The van der Waals surface area contributed by atoms with E-state index >= 15 is 0 Å². The number of nitrogens with one attached hydrogen (secondary N) is 3. The minimum atomic E-state index is -4.63. The molecule has 5 aromatic rings. The summed E-state index contributed by atoms with van der Waals surface area (Å²) in [7, 11) is 0. The molecule has 51 heavy (non-hydrogen) atoms. The summed E-state index contributed by atoms with van der Waals surface area (Å²) in [5, 5.41) is 7.11. The second-order valence-electron chi connectivity index (χ2n) is 11.0. The van der Waals surface area contributed by atoms with E-state index < -0.39 is 34.7 Å². The van der Waals surface area contributed by atoms with Crippen molar-refractivity contribution in [1.29, 1.82) is 0 Å². The van der Waals surface area contributed by atoms with Crippen LogP contribution >= 0.6 is 23.4 Å². The average molecular weight is 730 g/mol. The molecule has 0 fully saturated rings. The first-order valence-electron chi connectivity index (χ1n) is 15.6. The standard InChI is InChI=1S/C39H31ClF3N3O4S/c1-2-50-30-19-16-25(17-20-30)22-34(46-36(47)27-12-7-4-8-13-27)37(48)44-29-14-9-15-31(24-29)51-35(26-10-5-3-6-11-26)38(49)45-33-23-28(39(41,42)43)18-21-32(33)40/h3-24,35H,2H2,1H3,(H,44,48)(H,45,49)(H,46,47)/b34-22+. The van der Waals surface area contributed by atoms with Crippen molar-refractivity contribution in [3.8, 4) is 5.75 Å². The van der Waals surface area contributed by atoms with E-state index in [1.54, 1.807) is 115 Å². The number of carbonyl (C=O) groups is 3. The van der Waals surface area contributed by atoms with Crippen molar-refractivity contribution in [2.45, 2.75) is 23.2 Å². The number of rotatable bonds is 12. The van der Waals surface area contributed by atoms with Crippen LogP contribution in [0.4, 0.5) is 24.5 Å². The first kappa shape index (κ1) is 36.8. The fraction of sp³-hybridized carbons (Fsp3) is 0.103. The van der Waals surface area contributed by atoms with Gasteiger partial charge in [0, 0.05) is 16.1 Å². The van der Waals surface area contributed by atoms with Gasteiger partial charge < -0.3 is 20.7 Å². The Balaban J connectivity index is 1.39. The topological polar surface area (TPSA) is 96.5 Å². The van der Waals surface area contributed by atoms with Gasteiger partial charge in [0.1, 0.15) is 16.7 Å². The van der Waals surface area contributed by atoms with E-state index in [0.29, 0.717) is 39.6 Å². The number of hydrogen-bond donors (Lipinski definition) is 3. The number of anilines is 2. The van der Waals surface area contributed by atoms with Crippen LogP contribution in [0.5, 0.6) is 5.75 Å². The highest BCUT2D eigenvalue weighted by atomic mass is 35.5. The number of thioether (sulfide) groups is 1. The molecule has 3 N–H and O–H groups in total. The molecule has 3 amide bonds. The number of alkyl halides is 3. The van der Waals surface area contributed by atoms with Gasteiger partial charge in [-0.15, -0.1) is 11.8 Å². The van der Waals surface area contributed by atoms with Crippen LogP contribution in [-0.2, 0) is 15.8 Å². The minimum Gasteiger partial charge on any atom is -0.494 e. The summed E-state index contributed by atoms with van der Waals surface area (Å²) >= 11 is 7.29. The number of halogens is 4. The third kappa shape index (κ3) is 10.3. The Kier molecular flexibility index (Phi) is 12.2. The zero-order valence-electron chi connectivity index (χ0n) is 27.0. The summed E-state index contributed by atoms with van der Waals surface area (Å²) < 4.78 is 45.7. The highest BCUT2D eigenvalue weighted by molar-refractivity contribution is 8.00. The zero-order valence-corrected chi connectivity index (χ0v) is 28.6. The molecule has 1 atom stereocenters. The number of carbonyl (C=O) groups excluding carboxylic acids is 3. The zero-order chi connectivity index (χ0) is 36.4. The van der Waals surface area contributed by atoms with Crippen molar-refractivity contribution in [2.24, 2.45) is 0 Å². The Morgan fingerprint density at radius 2 is 1.51 bits per heavy atom. The first-order chi connectivity index (χ1) is 24.5. The van der Waals surface area contributed by atoms with Crippen LogP contribution < -0.4 is 20.7 Å². The molecule has 0 aliphatic heterocycles. The normalized spacial score (nSPS) is 12.1. The van der Waals surface area contributed by atoms with Crippen LogP contribution in [0.2, 0.25) is 5.02 Å². The number of benzene rings is 5. The first-order valence-corrected chi connectivity index (χ1v) is 16.9. The van der Waals surface area contributed by atoms with E-state index in [9.17, 15) is 27.6 Å². The molecular formula is C39H31ClF3N3O4S. The van der Waals surface area contributed by atoms with Crippen molar-refractivity contribution in [1.82, 2.24) is 5.32 Å². The van der Waals surface area contributed by atoms with E-state index in [1.807, 2.05) is 6.92 Å². The van der Waals surface area contributed by atoms with E-state index in [-0.39, 0.29) is 16.4 Å². The largest absolute Gasteiger partial charge is 0.494 e. The van der Waals surface area contributed by atoms with Crippen LogP contribution in [0, 0.1) is 0 Å². The molecular weight excluding hydrogens is 699 g/mol. The molecule has 260 valence electrons. The van der Waals surface area contributed by atoms with E-state index in [2.05, 4.69) is 16.0 Å². The molecule has 0 saturated carbocycles. The lowest BCUT2D eigenvalue weighted by Gasteiger charge is -2.19. The van der Waals surface area contributed by atoms with Gasteiger partial charge in [-0.25, -0.2) is 0 Å². The number of amides is 3. The molecule has 0 aliphatic rings. The van der Waals surface area contributed by atoms with E-state index in [1.165, 1.54) is 0 Å². The van der Waals surface area contributed by atoms with Gasteiger partial charge in [-0.2, -0.15) is 13.2 Å².